The fourth-order valence-electron chi connectivity index (χ4n) is 1.50. The highest BCUT2D eigenvalue weighted by atomic mass is 16.8. The molecule has 0 bridgehead atoms. The summed E-state index contributed by atoms with van der Waals surface area (Å²) in [6.45, 7) is 0. The number of hydrogen-bond acceptors (Lipinski definition) is 4. The van der Waals surface area contributed by atoms with Gasteiger partial charge in [-0.05, 0) is 18.2 Å². The first kappa shape index (κ1) is 12.3. The molecule has 1 unspecified atom stereocenters. The lowest BCUT2D eigenvalue weighted by molar-refractivity contribution is -0.990. The number of quaternary nitrogens is 1. The van der Waals surface area contributed by atoms with E-state index in [1.807, 2.05) is 0 Å². The van der Waals surface area contributed by atoms with Crippen LogP contribution in [-0.2, 0) is 0 Å². The molecule has 2 aromatic carbocycles. The number of benzene rings is 2. The monoisotopic (exact) mass is 244 g/mol. The predicted octanol–water partition coefficient (Wildman–Crippen LogP) is 1.55. The minimum Gasteiger partial charge on any atom is -0.595 e. The van der Waals surface area contributed by atoms with Gasteiger partial charge in [0.2, 0.25) is 0 Å². The standard InChI is InChI=1S/C13H12N2O3/c16-13-8-4-1-5-10(13)9-14-11-6-2-3-7-12(11)15(17)18/h1-9,15-17H. The zero-order chi connectivity index (χ0) is 13.0. The Kier molecular flexibility index (Phi) is 3.69. The molecule has 5 heteroatoms. The minimum absolute atomic E-state index is 0.106. The van der Waals surface area contributed by atoms with Gasteiger partial charge in [0.15, 0.2) is 5.69 Å². The second-order valence-electron chi connectivity index (χ2n) is 3.64. The van der Waals surface area contributed by atoms with E-state index >= 15 is 0 Å². The third-order valence-corrected chi connectivity index (χ3v) is 2.41. The van der Waals surface area contributed by atoms with E-state index in [-0.39, 0.29) is 11.4 Å². The Bertz CT molecular complexity index is 568. The summed E-state index contributed by atoms with van der Waals surface area (Å²) in [5.41, 5.74) is 1.02. The summed E-state index contributed by atoms with van der Waals surface area (Å²) in [6.07, 6.45) is 1.44. The Morgan fingerprint density at radius 1 is 1.06 bits per heavy atom. The molecule has 0 heterocycles. The molecule has 2 rings (SSSR count). The van der Waals surface area contributed by atoms with Crippen LogP contribution in [0.1, 0.15) is 5.56 Å². The van der Waals surface area contributed by atoms with Gasteiger partial charge in [-0.25, -0.2) is 10.2 Å². The van der Waals surface area contributed by atoms with Crippen LogP contribution >= 0.6 is 0 Å². The van der Waals surface area contributed by atoms with Gasteiger partial charge in [-0.2, -0.15) is 5.23 Å². The summed E-state index contributed by atoms with van der Waals surface area (Å²) < 4.78 is 0. The molecule has 0 fully saturated rings. The first-order chi connectivity index (χ1) is 8.68. The highest BCUT2D eigenvalue weighted by molar-refractivity contribution is 5.86. The number of aliphatic imine (C=N–C) groups is 1. The number of phenolic OH excluding ortho intramolecular Hbond substituents is 1. The smallest absolute Gasteiger partial charge is 0.189 e. The van der Waals surface area contributed by atoms with Crippen molar-refractivity contribution in [2.75, 3.05) is 0 Å². The van der Waals surface area contributed by atoms with Crippen molar-refractivity contribution >= 4 is 17.6 Å². The van der Waals surface area contributed by atoms with Crippen LogP contribution in [0.15, 0.2) is 53.5 Å². The van der Waals surface area contributed by atoms with Crippen LogP contribution in [0, 0.1) is 5.21 Å². The molecule has 3 N–H and O–H groups in total. The number of nitrogens with one attached hydrogen (secondary N) is 1. The van der Waals surface area contributed by atoms with E-state index in [0.29, 0.717) is 11.3 Å². The molecule has 92 valence electrons. The molecule has 0 saturated heterocycles. The molecule has 1 atom stereocenters. The summed E-state index contributed by atoms with van der Waals surface area (Å²) in [6, 6.07) is 13.2. The van der Waals surface area contributed by atoms with Crippen molar-refractivity contribution in [1.29, 1.82) is 0 Å². The SMILES string of the molecule is [O-][NH+](O)c1ccccc1N=Cc1ccccc1O. The van der Waals surface area contributed by atoms with Gasteiger partial charge < -0.3 is 10.3 Å². The third-order valence-electron chi connectivity index (χ3n) is 2.41. The number of rotatable bonds is 3. The van der Waals surface area contributed by atoms with Gasteiger partial charge in [0, 0.05) is 17.8 Å². The molecule has 0 saturated carbocycles. The van der Waals surface area contributed by atoms with Crippen LogP contribution < -0.4 is 5.23 Å². The minimum atomic E-state index is -1.03. The van der Waals surface area contributed by atoms with Gasteiger partial charge in [-0.15, -0.1) is 0 Å². The molecule has 18 heavy (non-hydrogen) atoms. The van der Waals surface area contributed by atoms with Crippen LogP contribution in [0.25, 0.3) is 0 Å². The molecule has 0 radical (unpaired) electrons. The van der Waals surface area contributed by atoms with Crippen molar-refractivity contribution in [3.05, 3.63) is 59.3 Å². The number of hydrogen-bond donors (Lipinski definition) is 3. The van der Waals surface area contributed by atoms with Crippen molar-refractivity contribution in [2.45, 2.75) is 0 Å². The average molecular weight is 244 g/mol. The lowest BCUT2D eigenvalue weighted by atomic mass is 10.2. The van der Waals surface area contributed by atoms with Crippen molar-refractivity contribution in [2.24, 2.45) is 4.99 Å². The summed E-state index contributed by atoms with van der Waals surface area (Å²) in [7, 11) is 0. The van der Waals surface area contributed by atoms with Crippen LogP contribution in [0.4, 0.5) is 11.4 Å². The van der Waals surface area contributed by atoms with Crippen molar-refractivity contribution < 1.29 is 15.5 Å². The normalized spacial score (nSPS) is 12.8. The fraction of sp³-hybridized carbons (Fsp3) is 0. The molecule has 0 spiro atoms. The highest BCUT2D eigenvalue weighted by Gasteiger charge is 2.06. The van der Waals surface area contributed by atoms with Crippen molar-refractivity contribution in [3.63, 3.8) is 0 Å². The lowest BCUT2D eigenvalue weighted by Gasteiger charge is -2.12. The molecular weight excluding hydrogens is 232 g/mol. The van der Waals surface area contributed by atoms with E-state index in [4.69, 9.17) is 5.21 Å². The summed E-state index contributed by atoms with van der Waals surface area (Å²) in [5, 5.41) is 28.5. The summed E-state index contributed by atoms with van der Waals surface area (Å²) in [4.78, 5) is 4.09. The van der Waals surface area contributed by atoms with E-state index in [1.54, 1.807) is 42.5 Å². The lowest BCUT2D eigenvalue weighted by Crippen LogP contribution is -2.99. The van der Waals surface area contributed by atoms with Crippen LogP contribution in [0.3, 0.4) is 0 Å². The zero-order valence-corrected chi connectivity index (χ0v) is 9.45. The van der Waals surface area contributed by atoms with Crippen LogP contribution in [-0.4, -0.2) is 16.5 Å². The van der Waals surface area contributed by atoms with E-state index in [9.17, 15) is 10.3 Å². The first-order valence-corrected chi connectivity index (χ1v) is 5.33. The van der Waals surface area contributed by atoms with Crippen molar-refractivity contribution in [1.82, 2.24) is 0 Å². The van der Waals surface area contributed by atoms with E-state index in [2.05, 4.69) is 4.99 Å². The largest absolute Gasteiger partial charge is 0.595 e. The van der Waals surface area contributed by atoms with Gasteiger partial charge in [0.1, 0.15) is 11.4 Å². The Labute approximate surface area is 104 Å². The van der Waals surface area contributed by atoms with E-state index < -0.39 is 5.23 Å². The maximum Gasteiger partial charge on any atom is 0.189 e. The molecule has 0 aliphatic rings. The maximum atomic E-state index is 11.0. The highest BCUT2D eigenvalue weighted by Crippen LogP contribution is 2.21. The quantitative estimate of drug-likeness (QED) is 0.566. The predicted molar refractivity (Wildman–Crippen MR) is 67.6 cm³/mol. The Balaban J connectivity index is 2.32. The van der Waals surface area contributed by atoms with E-state index in [0.717, 1.165) is 0 Å². The van der Waals surface area contributed by atoms with Gasteiger partial charge in [0.05, 0.1) is 0 Å². The van der Waals surface area contributed by atoms with Gasteiger partial charge >= 0.3 is 0 Å². The molecule has 0 aliphatic carbocycles. The molecule has 0 aromatic heterocycles. The zero-order valence-electron chi connectivity index (χ0n) is 9.45. The summed E-state index contributed by atoms with van der Waals surface area (Å²) in [5.74, 6) is 0.106. The Morgan fingerprint density at radius 3 is 2.44 bits per heavy atom. The number of aromatic hydroxyl groups is 1. The third kappa shape index (κ3) is 2.72. The van der Waals surface area contributed by atoms with Crippen LogP contribution in [0.5, 0.6) is 5.75 Å². The van der Waals surface area contributed by atoms with Gasteiger partial charge in [-0.1, -0.05) is 24.3 Å². The molecule has 0 amide bonds. The Hall–Kier alpha value is -2.21. The van der Waals surface area contributed by atoms with E-state index in [1.165, 1.54) is 12.3 Å². The maximum absolute atomic E-state index is 11.0. The van der Waals surface area contributed by atoms with Crippen molar-refractivity contribution in [3.8, 4) is 5.75 Å². The molecule has 5 nitrogen and oxygen atoms in total. The molecular formula is C13H12N2O3. The number of nitrogens with zero attached hydrogens (tertiary/aromatic N) is 1. The second-order valence-corrected chi connectivity index (χ2v) is 3.64. The van der Waals surface area contributed by atoms with Crippen LogP contribution in [0.2, 0.25) is 0 Å². The first-order valence-electron chi connectivity index (χ1n) is 5.33. The topological polar surface area (TPSA) is 80.3 Å². The van der Waals surface area contributed by atoms with Gasteiger partial charge in [-0.3, -0.25) is 0 Å². The molecule has 2 aromatic rings. The second kappa shape index (κ2) is 5.42. The fourth-order valence-corrected chi connectivity index (χ4v) is 1.50. The molecule has 0 aliphatic heterocycles. The average Bonchev–Trinajstić information content (AvgIpc) is 2.38. The Morgan fingerprint density at radius 2 is 1.72 bits per heavy atom. The summed E-state index contributed by atoms with van der Waals surface area (Å²) >= 11 is 0. The number of phenols is 1. The number of para-hydroxylation sites is 3. The van der Waals surface area contributed by atoms with Gasteiger partial charge in [0.25, 0.3) is 0 Å².